The van der Waals surface area contributed by atoms with Crippen LogP contribution < -0.4 is 11.1 Å². The van der Waals surface area contributed by atoms with Crippen molar-refractivity contribution in [1.29, 1.82) is 0 Å². The second kappa shape index (κ2) is 5.37. The molecule has 0 saturated heterocycles. The summed E-state index contributed by atoms with van der Waals surface area (Å²) in [4.78, 5) is 11.9. The molecule has 20 heavy (non-hydrogen) atoms. The highest BCUT2D eigenvalue weighted by Gasteiger charge is 2.35. The van der Waals surface area contributed by atoms with Gasteiger partial charge in [-0.05, 0) is 37.5 Å². The Morgan fingerprint density at radius 2 is 2.05 bits per heavy atom. The monoisotopic (exact) mass is 350 g/mol. The van der Waals surface area contributed by atoms with E-state index in [-0.39, 0.29) is 16.6 Å². The topological polar surface area (TPSA) is 55.1 Å². The van der Waals surface area contributed by atoms with E-state index >= 15 is 0 Å². The van der Waals surface area contributed by atoms with Crippen LogP contribution in [-0.4, -0.2) is 18.0 Å². The first-order chi connectivity index (χ1) is 9.21. The predicted octanol–water partition coefficient (Wildman–Crippen LogP) is 3.08. The second-order valence-electron chi connectivity index (χ2n) is 5.09. The van der Waals surface area contributed by atoms with Gasteiger partial charge in [0.2, 0.25) is 0 Å². The van der Waals surface area contributed by atoms with Crippen molar-refractivity contribution in [1.82, 2.24) is 5.32 Å². The quantitative estimate of drug-likeness (QED) is 0.880. The minimum absolute atomic E-state index is 0.0246. The Morgan fingerprint density at radius 3 is 2.55 bits per heavy atom. The van der Waals surface area contributed by atoms with E-state index in [2.05, 4.69) is 21.2 Å². The Kier molecular flexibility index (Phi) is 4.11. The summed E-state index contributed by atoms with van der Waals surface area (Å²) in [6, 6.07) is 3.40. The van der Waals surface area contributed by atoms with Gasteiger partial charge in [-0.15, -0.1) is 0 Å². The van der Waals surface area contributed by atoms with E-state index in [0.29, 0.717) is 0 Å². The fraction of sp³-hybridized carbons (Fsp3) is 0.462. The minimum atomic E-state index is -4.50. The molecule has 2 rings (SSSR count). The van der Waals surface area contributed by atoms with Gasteiger partial charge in [-0.3, -0.25) is 4.79 Å². The summed E-state index contributed by atoms with van der Waals surface area (Å²) >= 11 is 2.83. The molecule has 0 heterocycles. The lowest BCUT2D eigenvalue weighted by Crippen LogP contribution is -2.54. The van der Waals surface area contributed by atoms with E-state index in [4.69, 9.17) is 5.73 Å². The number of halogens is 4. The molecule has 0 bridgehead atoms. The van der Waals surface area contributed by atoms with Crippen molar-refractivity contribution < 1.29 is 18.0 Å². The van der Waals surface area contributed by atoms with Crippen LogP contribution in [0.4, 0.5) is 13.2 Å². The Hall–Kier alpha value is -1.08. The average molecular weight is 351 g/mol. The van der Waals surface area contributed by atoms with Crippen LogP contribution in [0.15, 0.2) is 22.7 Å². The number of hydrogen-bond donors (Lipinski definition) is 2. The number of nitrogens with one attached hydrogen (secondary N) is 1. The zero-order valence-electron chi connectivity index (χ0n) is 10.6. The van der Waals surface area contributed by atoms with Crippen LogP contribution in [0.2, 0.25) is 0 Å². The molecule has 3 N–H and O–H groups in total. The molecule has 0 unspecified atom stereocenters. The van der Waals surface area contributed by atoms with E-state index in [1.807, 2.05) is 0 Å². The maximum absolute atomic E-state index is 12.7. The summed E-state index contributed by atoms with van der Waals surface area (Å²) in [7, 11) is 0. The Morgan fingerprint density at radius 1 is 1.40 bits per heavy atom. The van der Waals surface area contributed by atoms with Gasteiger partial charge < -0.3 is 11.1 Å². The number of nitrogens with two attached hydrogens (primary N) is 1. The van der Waals surface area contributed by atoms with Gasteiger partial charge in [-0.25, -0.2) is 0 Å². The molecule has 1 saturated carbocycles. The number of alkyl halides is 3. The standard InChI is InChI=1S/C13H14BrF3N2O/c14-10-3-2-8(6-9(10)13(15,16)17)11(20)19-7-12(18)4-1-5-12/h2-3,6H,1,4-5,7,18H2,(H,19,20). The van der Waals surface area contributed by atoms with Crippen LogP contribution in [0.5, 0.6) is 0 Å². The summed E-state index contributed by atoms with van der Waals surface area (Å²) in [6.45, 7) is 0.281. The van der Waals surface area contributed by atoms with Gasteiger partial charge in [-0.1, -0.05) is 15.9 Å². The van der Waals surface area contributed by atoms with Crippen LogP contribution in [0.1, 0.15) is 35.2 Å². The Balaban J connectivity index is 2.10. The van der Waals surface area contributed by atoms with Crippen molar-refractivity contribution in [3.8, 4) is 0 Å². The van der Waals surface area contributed by atoms with Crippen molar-refractivity contribution in [3.05, 3.63) is 33.8 Å². The van der Waals surface area contributed by atoms with E-state index in [9.17, 15) is 18.0 Å². The van der Waals surface area contributed by atoms with E-state index in [1.165, 1.54) is 12.1 Å². The molecule has 0 aromatic heterocycles. The third-order valence-corrected chi connectivity index (χ3v) is 4.18. The van der Waals surface area contributed by atoms with Gasteiger partial charge in [0.05, 0.1) is 5.56 Å². The maximum Gasteiger partial charge on any atom is 0.417 e. The molecule has 1 fully saturated rings. The highest BCUT2D eigenvalue weighted by molar-refractivity contribution is 9.10. The molecule has 3 nitrogen and oxygen atoms in total. The number of carbonyl (C=O) groups is 1. The number of carbonyl (C=O) groups excluding carboxylic acids is 1. The number of amides is 1. The lowest BCUT2D eigenvalue weighted by Gasteiger charge is -2.38. The van der Waals surface area contributed by atoms with Crippen LogP contribution >= 0.6 is 15.9 Å². The predicted molar refractivity (Wildman–Crippen MR) is 72.2 cm³/mol. The number of benzene rings is 1. The third kappa shape index (κ3) is 3.32. The normalized spacial score (nSPS) is 17.4. The van der Waals surface area contributed by atoms with Crippen LogP contribution in [0.25, 0.3) is 0 Å². The van der Waals surface area contributed by atoms with E-state index in [1.54, 1.807) is 0 Å². The number of hydrogen-bond acceptors (Lipinski definition) is 2. The molecule has 7 heteroatoms. The Bertz CT molecular complexity index is 527. The van der Waals surface area contributed by atoms with Crippen LogP contribution in [0.3, 0.4) is 0 Å². The van der Waals surface area contributed by atoms with Crippen LogP contribution in [0, 0.1) is 0 Å². The first-order valence-electron chi connectivity index (χ1n) is 6.15. The zero-order chi connectivity index (χ0) is 15.0. The molecule has 1 aliphatic carbocycles. The molecule has 110 valence electrons. The lowest BCUT2D eigenvalue weighted by molar-refractivity contribution is -0.138. The number of rotatable bonds is 3. The summed E-state index contributed by atoms with van der Waals surface area (Å²) in [5, 5.41) is 2.59. The third-order valence-electron chi connectivity index (χ3n) is 3.48. The first kappa shape index (κ1) is 15.3. The fourth-order valence-electron chi connectivity index (χ4n) is 2.05. The highest BCUT2D eigenvalue weighted by Crippen LogP contribution is 2.35. The fourth-order valence-corrected chi connectivity index (χ4v) is 2.52. The molecule has 1 amide bonds. The maximum atomic E-state index is 12.7. The summed E-state index contributed by atoms with van der Waals surface area (Å²) in [6.07, 6.45) is -1.84. The van der Waals surface area contributed by atoms with Gasteiger partial charge >= 0.3 is 6.18 Å². The van der Waals surface area contributed by atoms with Crippen molar-refractivity contribution in [2.75, 3.05) is 6.54 Å². The van der Waals surface area contributed by atoms with Crippen molar-refractivity contribution in [3.63, 3.8) is 0 Å². The van der Waals surface area contributed by atoms with Crippen molar-refractivity contribution in [2.45, 2.75) is 31.0 Å². The van der Waals surface area contributed by atoms with Crippen LogP contribution in [-0.2, 0) is 6.18 Å². The highest BCUT2D eigenvalue weighted by atomic mass is 79.9. The van der Waals surface area contributed by atoms with Gasteiger partial charge in [0.15, 0.2) is 0 Å². The van der Waals surface area contributed by atoms with Crippen molar-refractivity contribution >= 4 is 21.8 Å². The van der Waals surface area contributed by atoms with Gasteiger partial charge in [0.25, 0.3) is 5.91 Å². The first-order valence-corrected chi connectivity index (χ1v) is 6.94. The Labute approximate surface area is 122 Å². The molecule has 1 aliphatic rings. The van der Waals surface area contributed by atoms with E-state index in [0.717, 1.165) is 25.3 Å². The van der Waals surface area contributed by atoms with Gasteiger partial charge in [0, 0.05) is 22.1 Å². The molecular weight excluding hydrogens is 337 g/mol. The summed E-state index contributed by atoms with van der Waals surface area (Å²) < 4.78 is 38.2. The zero-order valence-corrected chi connectivity index (χ0v) is 12.1. The summed E-state index contributed by atoms with van der Waals surface area (Å²) in [5.74, 6) is -0.542. The van der Waals surface area contributed by atoms with Gasteiger partial charge in [-0.2, -0.15) is 13.2 Å². The molecular formula is C13H14BrF3N2O. The minimum Gasteiger partial charge on any atom is -0.350 e. The van der Waals surface area contributed by atoms with Gasteiger partial charge in [0.1, 0.15) is 0 Å². The SMILES string of the molecule is NC1(CNC(=O)c2ccc(Br)c(C(F)(F)F)c2)CCC1. The van der Waals surface area contributed by atoms with Crippen molar-refractivity contribution in [2.24, 2.45) is 5.73 Å². The molecule has 0 aliphatic heterocycles. The van der Waals surface area contributed by atoms with E-state index < -0.39 is 23.2 Å². The molecule has 1 aromatic rings. The second-order valence-corrected chi connectivity index (χ2v) is 5.95. The smallest absolute Gasteiger partial charge is 0.350 e. The largest absolute Gasteiger partial charge is 0.417 e. The molecule has 0 radical (unpaired) electrons. The molecule has 1 aromatic carbocycles. The lowest BCUT2D eigenvalue weighted by atomic mass is 9.78. The summed E-state index contributed by atoms with van der Waals surface area (Å²) in [5.41, 5.74) is 4.66. The average Bonchev–Trinajstić information content (AvgIpc) is 2.32. The molecule has 0 atom stereocenters. The molecule has 0 spiro atoms.